The van der Waals surface area contributed by atoms with Crippen LogP contribution >= 0.6 is 0 Å². The van der Waals surface area contributed by atoms with Crippen molar-refractivity contribution in [2.24, 2.45) is 7.05 Å². The summed E-state index contributed by atoms with van der Waals surface area (Å²) in [6.45, 7) is 11.9. The van der Waals surface area contributed by atoms with Gasteiger partial charge in [0.05, 0.1) is 10.9 Å². The Labute approximate surface area is 165 Å². The lowest BCUT2D eigenvalue weighted by molar-refractivity contribution is 0.00653. The Morgan fingerprint density at radius 2 is 1.89 bits per heavy atom. The zero-order valence-electron chi connectivity index (χ0n) is 17.4. The van der Waals surface area contributed by atoms with E-state index in [9.17, 15) is 9.59 Å². The van der Waals surface area contributed by atoms with Gasteiger partial charge in [0, 0.05) is 12.6 Å². The first-order chi connectivity index (χ1) is 12.9. The molecular weight excluding hydrogens is 370 g/mol. The van der Waals surface area contributed by atoms with Crippen molar-refractivity contribution in [1.82, 2.24) is 14.0 Å². The molecule has 0 unspecified atom stereocenters. The Morgan fingerprint density at radius 3 is 2.50 bits per heavy atom. The van der Waals surface area contributed by atoms with Crippen LogP contribution in [0.3, 0.4) is 0 Å². The Bertz CT molecular complexity index is 1210. The minimum absolute atomic E-state index is 0.124. The summed E-state index contributed by atoms with van der Waals surface area (Å²) in [5.74, 6) is 2.63. The Balaban J connectivity index is 2.22. The number of esters is 1. The van der Waals surface area contributed by atoms with Crippen molar-refractivity contribution >= 4 is 30.6 Å². The van der Waals surface area contributed by atoms with Crippen LogP contribution in [0, 0.1) is 11.5 Å². The number of hydrogen-bond donors (Lipinski definition) is 0. The standard InChI is InChI=1S/C21H25N3O3Si/c1-21(2,3)27-20(26)17-18-23(4)19(25)15-12-14(10-11-28(5,6)7)8-9-16(15)24(18)13-22-17/h8-9,12-13H,1-7H3. The summed E-state index contributed by atoms with van der Waals surface area (Å²) in [4.78, 5) is 29.8. The van der Waals surface area contributed by atoms with Crippen LogP contribution < -0.4 is 5.56 Å². The molecular formula is C21H25N3O3Si. The molecule has 3 rings (SSSR count). The third kappa shape index (κ3) is 3.87. The molecule has 0 amide bonds. The monoisotopic (exact) mass is 395 g/mol. The van der Waals surface area contributed by atoms with Crippen LogP contribution in [0.25, 0.3) is 16.6 Å². The number of aromatic nitrogens is 3. The number of carbonyl (C=O) groups excluding carboxylic acids is 1. The highest BCUT2D eigenvalue weighted by molar-refractivity contribution is 6.83. The average Bonchev–Trinajstić information content (AvgIpc) is 3.01. The van der Waals surface area contributed by atoms with E-state index in [1.165, 1.54) is 4.57 Å². The average molecular weight is 396 g/mol. The number of ether oxygens (including phenoxy) is 1. The summed E-state index contributed by atoms with van der Waals surface area (Å²) in [6.07, 6.45) is 1.55. The molecule has 0 fully saturated rings. The van der Waals surface area contributed by atoms with Gasteiger partial charge in [-0.1, -0.05) is 25.6 Å². The molecule has 1 aromatic carbocycles. The zero-order chi connectivity index (χ0) is 20.9. The molecule has 2 aromatic heterocycles. The predicted molar refractivity (Wildman–Crippen MR) is 113 cm³/mol. The number of hydrogen-bond acceptors (Lipinski definition) is 4. The molecule has 0 saturated heterocycles. The van der Waals surface area contributed by atoms with E-state index >= 15 is 0 Å². The Kier molecular flexibility index (Phi) is 4.72. The van der Waals surface area contributed by atoms with Crippen molar-refractivity contribution in [3.05, 3.63) is 46.1 Å². The molecule has 0 radical (unpaired) electrons. The molecule has 0 bridgehead atoms. The number of imidazole rings is 1. The van der Waals surface area contributed by atoms with Gasteiger partial charge in [0.2, 0.25) is 0 Å². The van der Waals surface area contributed by atoms with Gasteiger partial charge in [-0.3, -0.25) is 13.8 Å². The predicted octanol–water partition coefficient (Wildman–Crippen LogP) is 3.37. The second kappa shape index (κ2) is 6.64. The molecule has 0 aliphatic heterocycles. The van der Waals surface area contributed by atoms with Gasteiger partial charge in [-0.2, -0.15) is 0 Å². The number of fused-ring (bicyclic) bond motifs is 3. The molecule has 0 aliphatic carbocycles. The van der Waals surface area contributed by atoms with Crippen molar-refractivity contribution in [2.45, 2.75) is 46.0 Å². The zero-order valence-corrected chi connectivity index (χ0v) is 18.4. The first kappa shape index (κ1) is 19.9. The van der Waals surface area contributed by atoms with Crippen molar-refractivity contribution in [2.75, 3.05) is 0 Å². The SMILES string of the molecule is Cn1c(=O)c2cc(C#C[Si](C)(C)C)ccc2n2cnc(C(=O)OC(C)(C)C)c12. The van der Waals surface area contributed by atoms with Crippen molar-refractivity contribution in [1.29, 1.82) is 0 Å². The van der Waals surface area contributed by atoms with Crippen LogP contribution in [0.15, 0.2) is 29.3 Å². The van der Waals surface area contributed by atoms with E-state index in [-0.39, 0.29) is 11.3 Å². The lowest BCUT2D eigenvalue weighted by atomic mass is 10.1. The van der Waals surface area contributed by atoms with Crippen molar-refractivity contribution < 1.29 is 9.53 Å². The van der Waals surface area contributed by atoms with E-state index in [1.54, 1.807) is 44.6 Å². The quantitative estimate of drug-likeness (QED) is 0.360. The minimum atomic E-state index is -1.52. The number of benzene rings is 1. The lowest BCUT2D eigenvalue weighted by Crippen LogP contribution is -2.26. The van der Waals surface area contributed by atoms with Gasteiger partial charge in [0.25, 0.3) is 5.56 Å². The number of rotatable bonds is 1. The Hall–Kier alpha value is -2.85. The fourth-order valence-electron chi connectivity index (χ4n) is 2.84. The number of nitrogens with zero attached hydrogens (tertiary/aromatic N) is 3. The molecule has 0 saturated carbocycles. The van der Waals surface area contributed by atoms with E-state index in [0.717, 1.165) is 5.56 Å². The van der Waals surface area contributed by atoms with E-state index in [1.807, 2.05) is 12.1 Å². The summed E-state index contributed by atoms with van der Waals surface area (Å²) < 4.78 is 8.61. The first-order valence-corrected chi connectivity index (χ1v) is 12.6. The highest BCUT2D eigenvalue weighted by atomic mass is 28.3. The van der Waals surface area contributed by atoms with Crippen LogP contribution in [-0.2, 0) is 11.8 Å². The summed E-state index contributed by atoms with van der Waals surface area (Å²) in [5.41, 5.74) is 4.48. The van der Waals surface area contributed by atoms with Gasteiger partial charge in [-0.05, 0) is 39.0 Å². The summed E-state index contributed by atoms with van der Waals surface area (Å²) in [6, 6.07) is 5.54. The maximum Gasteiger partial charge on any atom is 0.361 e. The molecule has 146 valence electrons. The molecule has 6 nitrogen and oxygen atoms in total. The highest BCUT2D eigenvalue weighted by Crippen LogP contribution is 2.19. The molecule has 3 aromatic rings. The van der Waals surface area contributed by atoms with E-state index in [4.69, 9.17) is 4.74 Å². The minimum Gasteiger partial charge on any atom is -0.455 e. The second-order valence-corrected chi connectivity index (χ2v) is 13.6. The van der Waals surface area contributed by atoms with Crippen molar-refractivity contribution in [3.8, 4) is 11.5 Å². The van der Waals surface area contributed by atoms with Crippen LogP contribution in [0.2, 0.25) is 19.6 Å². The fraction of sp³-hybridized carbons (Fsp3) is 0.381. The van der Waals surface area contributed by atoms with Gasteiger partial charge < -0.3 is 4.74 Å². The van der Waals surface area contributed by atoms with Gasteiger partial charge in [0.1, 0.15) is 20.0 Å². The van der Waals surface area contributed by atoms with Crippen LogP contribution in [0.5, 0.6) is 0 Å². The molecule has 0 aliphatic rings. The normalized spacial score (nSPS) is 12.1. The summed E-state index contributed by atoms with van der Waals surface area (Å²) >= 11 is 0. The maximum atomic E-state index is 13.0. The molecule has 7 heteroatoms. The van der Waals surface area contributed by atoms with E-state index in [0.29, 0.717) is 16.6 Å². The maximum absolute atomic E-state index is 13.0. The van der Waals surface area contributed by atoms with Crippen LogP contribution in [0.4, 0.5) is 0 Å². The topological polar surface area (TPSA) is 65.6 Å². The second-order valence-electron chi connectivity index (χ2n) is 8.88. The first-order valence-electron chi connectivity index (χ1n) is 9.14. The van der Waals surface area contributed by atoms with E-state index in [2.05, 4.69) is 36.1 Å². The fourth-order valence-corrected chi connectivity index (χ4v) is 3.36. The Morgan fingerprint density at radius 1 is 1.21 bits per heavy atom. The van der Waals surface area contributed by atoms with Gasteiger partial charge >= 0.3 is 5.97 Å². The van der Waals surface area contributed by atoms with Gasteiger partial charge in [-0.15, -0.1) is 5.54 Å². The van der Waals surface area contributed by atoms with Crippen molar-refractivity contribution in [3.63, 3.8) is 0 Å². The highest BCUT2D eigenvalue weighted by Gasteiger charge is 2.24. The molecule has 2 heterocycles. The molecule has 28 heavy (non-hydrogen) atoms. The number of aryl methyl sites for hydroxylation is 1. The summed E-state index contributed by atoms with van der Waals surface area (Å²) in [7, 11) is 0.116. The summed E-state index contributed by atoms with van der Waals surface area (Å²) in [5, 5.41) is 0.533. The van der Waals surface area contributed by atoms with Crippen LogP contribution in [0.1, 0.15) is 36.8 Å². The third-order valence-corrected chi connectivity index (χ3v) is 4.90. The third-order valence-electron chi connectivity index (χ3n) is 4.03. The van der Waals surface area contributed by atoms with E-state index < -0.39 is 19.6 Å². The molecule has 0 spiro atoms. The van der Waals surface area contributed by atoms with Gasteiger partial charge in [0.15, 0.2) is 11.3 Å². The van der Waals surface area contributed by atoms with Crippen LogP contribution in [-0.4, -0.2) is 33.6 Å². The number of carbonyl (C=O) groups is 1. The molecule has 0 N–H and O–H groups in total. The lowest BCUT2D eigenvalue weighted by Gasteiger charge is -2.19. The van der Waals surface area contributed by atoms with Gasteiger partial charge in [-0.25, -0.2) is 9.78 Å². The smallest absolute Gasteiger partial charge is 0.361 e. The molecule has 0 atom stereocenters. The largest absolute Gasteiger partial charge is 0.455 e.